The summed E-state index contributed by atoms with van der Waals surface area (Å²) in [6, 6.07) is 12.6. The molecule has 0 saturated heterocycles. The fourth-order valence-corrected chi connectivity index (χ4v) is 3.57. The molecule has 26 heavy (non-hydrogen) atoms. The van der Waals surface area contributed by atoms with Crippen LogP contribution in [0.25, 0.3) is 0 Å². The zero-order valence-corrected chi connectivity index (χ0v) is 16.1. The summed E-state index contributed by atoms with van der Waals surface area (Å²) < 4.78 is 32.3. The summed E-state index contributed by atoms with van der Waals surface area (Å²) in [7, 11) is -3.65. The molecule has 6 nitrogen and oxygen atoms in total. The molecule has 2 aromatic carbocycles. The van der Waals surface area contributed by atoms with Crippen molar-refractivity contribution in [1.82, 2.24) is 10.0 Å². The van der Waals surface area contributed by atoms with E-state index in [-0.39, 0.29) is 35.6 Å². The van der Waals surface area contributed by atoms with Gasteiger partial charge >= 0.3 is 0 Å². The van der Waals surface area contributed by atoms with Crippen molar-refractivity contribution in [3.05, 3.63) is 59.1 Å². The van der Waals surface area contributed by atoms with E-state index < -0.39 is 10.0 Å². The minimum Gasteiger partial charge on any atom is -0.492 e. The van der Waals surface area contributed by atoms with E-state index in [0.29, 0.717) is 10.8 Å². The van der Waals surface area contributed by atoms with E-state index in [1.54, 1.807) is 44.2 Å². The van der Waals surface area contributed by atoms with Crippen molar-refractivity contribution in [3.63, 3.8) is 0 Å². The van der Waals surface area contributed by atoms with Gasteiger partial charge in [-0.15, -0.1) is 0 Å². The van der Waals surface area contributed by atoms with Gasteiger partial charge in [-0.1, -0.05) is 17.7 Å². The third-order valence-electron chi connectivity index (χ3n) is 3.27. The molecule has 2 rings (SSSR count). The van der Waals surface area contributed by atoms with E-state index in [1.807, 2.05) is 0 Å². The smallest absolute Gasteiger partial charge is 0.251 e. The zero-order valence-electron chi connectivity index (χ0n) is 14.5. The quantitative estimate of drug-likeness (QED) is 0.672. The van der Waals surface area contributed by atoms with Crippen molar-refractivity contribution < 1.29 is 17.9 Å². The zero-order chi connectivity index (χ0) is 19.2. The van der Waals surface area contributed by atoms with Gasteiger partial charge in [0.05, 0.1) is 11.4 Å². The Morgan fingerprint density at radius 3 is 2.50 bits per heavy atom. The molecule has 0 atom stereocenters. The van der Waals surface area contributed by atoms with E-state index in [9.17, 15) is 13.2 Å². The van der Waals surface area contributed by atoms with Crippen LogP contribution in [0.4, 0.5) is 0 Å². The van der Waals surface area contributed by atoms with Crippen LogP contribution in [0, 0.1) is 0 Å². The molecule has 0 aliphatic carbocycles. The second kappa shape index (κ2) is 9.02. The Morgan fingerprint density at radius 2 is 1.85 bits per heavy atom. The number of benzene rings is 2. The summed E-state index contributed by atoms with van der Waals surface area (Å²) >= 11 is 5.80. The number of amides is 1. The third-order valence-corrected chi connectivity index (χ3v) is 5.18. The maximum absolute atomic E-state index is 12.2. The average molecular weight is 397 g/mol. The molecule has 0 bridgehead atoms. The van der Waals surface area contributed by atoms with Gasteiger partial charge in [0, 0.05) is 16.6 Å². The summed E-state index contributed by atoms with van der Waals surface area (Å²) in [6.45, 7) is 4.02. The molecule has 0 saturated carbocycles. The molecule has 8 heteroatoms. The highest BCUT2D eigenvalue weighted by Gasteiger charge is 2.17. The highest BCUT2D eigenvalue weighted by atomic mass is 35.5. The summed E-state index contributed by atoms with van der Waals surface area (Å²) in [5.74, 6) is 0.280. The predicted molar refractivity (Wildman–Crippen MR) is 101 cm³/mol. The lowest BCUT2D eigenvalue weighted by Gasteiger charge is -2.11. The molecule has 2 N–H and O–H groups in total. The molecule has 0 heterocycles. The van der Waals surface area contributed by atoms with Gasteiger partial charge in [-0.2, -0.15) is 0 Å². The maximum atomic E-state index is 12.2. The normalized spacial score (nSPS) is 11.4. The van der Waals surface area contributed by atoms with Crippen LogP contribution in [-0.4, -0.2) is 33.5 Å². The molecule has 1 amide bonds. The number of carbonyl (C=O) groups excluding carboxylic acids is 1. The van der Waals surface area contributed by atoms with Crippen LogP contribution in [0.15, 0.2) is 53.4 Å². The molecule has 0 unspecified atom stereocenters. The first-order valence-corrected chi connectivity index (χ1v) is 9.93. The van der Waals surface area contributed by atoms with Gasteiger partial charge in [-0.05, 0) is 56.3 Å². The van der Waals surface area contributed by atoms with Crippen LogP contribution in [0.3, 0.4) is 0 Å². The Kier molecular flexibility index (Phi) is 7.02. The molecule has 0 aliphatic rings. The predicted octanol–water partition coefficient (Wildman–Crippen LogP) is 2.84. The molecule has 0 spiro atoms. The van der Waals surface area contributed by atoms with Crippen molar-refractivity contribution in [3.8, 4) is 5.75 Å². The molecule has 0 fully saturated rings. The van der Waals surface area contributed by atoms with Gasteiger partial charge in [0.25, 0.3) is 5.91 Å². The van der Waals surface area contributed by atoms with Gasteiger partial charge < -0.3 is 10.1 Å². The number of hydrogen-bond donors (Lipinski definition) is 2. The Balaban J connectivity index is 1.91. The highest BCUT2D eigenvalue weighted by molar-refractivity contribution is 7.89. The Bertz CT molecular complexity index is 852. The number of sulfonamides is 1. The number of halogens is 1. The first kappa shape index (κ1) is 20.2. The molecule has 0 aromatic heterocycles. The van der Waals surface area contributed by atoms with Crippen molar-refractivity contribution in [1.29, 1.82) is 0 Å². The van der Waals surface area contributed by atoms with Crippen LogP contribution >= 0.6 is 11.6 Å². The average Bonchev–Trinajstić information content (AvgIpc) is 2.59. The summed E-state index contributed by atoms with van der Waals surface area (Å²) in [6.07, 6.45) is 0. The molecular formula is C18H21ClN2O4S. The SMILES string of the molecule is CC(C)NS(=O)(=O)c1cccc(C(=O)NCCOc2ccc(Cl)cc2)c1. The monoisotopic (exact) mass is 396 g/mol. The lowest BCUT2D eigenvalue weighted by molar-refractivity contribution is 0.0947. The van der Waals surface area contributed by atoms with Crippen LogP contribution < -0.4 is 14.8 Å². The van der Waals surface area contributed by atoms with Gasteiger partial charge in [0.1, 0.15) is 12.4 Å². The summed E-state index contributed by atoms with van der Waals surface area (Å²) in [5, 5.41) is 3.31. The topological polar surface area (TPSA) is 84.5 Å². The van der Waals surface area contributed by atoms with Crippen LogP contribution in [0.1, 0.15) is 24.2 Å². The van der Waals surface area contributed by atoms with E-state index in [0.717, 1.165) is 0 Å². The molecular weight excluding hydrogens is 376 g/mol. The van der Waals surface area contributed by atoms with Gasteiger partial charge in [-0.3, -0.25) is 4.79 Å². The number of hydrogen-bond acceptors (Lipinski definition) is 4. The fraction of sp³-hybridized carbons (Fsp3) is 0.278. The largest absolute Gasteiger partial charge is 0.492 e. The standard InChI is InChI=1S/C18H21ClN2O4S/c1-13(2)21-26(23,24)17-5-3-4-14(12-17)18(22)20-10-11-25-16-8-6-15(19)7-9-16/h3-9,12-13,21H,10-11H2,1-2H3,(H,20,22). The van der Waals surface area contributed by atoms with E-state index in [1.165, 1.54) is 18.2 Å². The Hall–Kier alpha value is -2.09. The first-order chi connectivity index (χ1) is 12.3. The summed E-state index contributed by atoms with van der Waals surface area (Å²) in [5.41, 5.74) is 0.267. The molecule has 2 aromatic rings. The van der Waals surface area contributed by atoms with Gasteiger partial charge in [0.15, 0.2) is 0 Å². The van der Waals surface area contributed by atoms with Crippen molar-refractivity contribution in [2.45, 2.75) is 24.8 Å². The van der Waals surface area contributed by atoms with Crippen LogP contribution in [0.5, 0.6) is 5.75 Å². The van der Waals surface area contributed by atoms with Gasteiger partial charge in [-0.25, -0.2) is 13.1 Å². The lowest BCUT2D eigenvalue weighted by atomic mass is 10.2. The van der Waals surface area contributed by atoms with Crippen molar-refractivity contribution >= 4 is 27.5 Å². The minimum atomic E-state index is -3.65. The number of ether oxygens (including phenoxy) is 1. The Labute approximate surface area is 158 Å². The van der Waals surface area contributed by atoms with E-state index >= 15 is 0 Å². The fourth-order valence-electron chi connectivity index (χ4n) is 2.15. The Morgan fingerprint density at radius 1 is 1.15 bits per heavy atom. The van der Waals surface area contributed by atoms with E-state index in [4.69, 9.17) is 16.3 Å². The highest BCUT2D eigenvalue weighted by Crippen LogP contribution is 2.15. The number of nitrogens with one attached hydrogen (secondary N) is 2. The van der Waals surface area contributed by atoms with Crippen LogP contribution in [-0.2, 0) is 10.0 Å². The third kappa shape index (κ3) is 6.01. The van der Waals surface area contributed by atoms with Crippen molar-refractivity contribution in [2.24, 2.45) is 0 Å². The van der Waals surface area contributed by atoms with Crippen molar-refractivity contribution in [2.75, 3.05) is 13.2 Å². The summed E-state index contributed by atoms with van der Waals surface area (Å²) in [4.78, 5) is 12.3. The maximum Gasteiger partial charge on any atom is 0.251 e. The van der Waals surface area contributed by atoms with Gasteiger partial charge in [0.2, 0.25) is 10.0 Å². The molecule has 0 radical (unpaired) electrons. The second-order valence-corrected chi connectivity index (χ2v) is 8.01. The van der Waals surface area contributed by atoms with E-state index in [2.05, 4.69) is 10.0 Å². The molecule has 0 aliphatic heterocycles. The molecule has 140 valence electrons. The second-order valence-electron chi connectivity index (χ2n) is 5.86. The van der Waals surface area contributed by atoms with Crippen LogP contribution in [0.2, 0.25) is 5.02 Å². The lowest BCUT2D eigenvalue weighted by Crippen LogP contribution is -2.31. The first-order valence-electron chi connectivity index (χ1n) is 8.07. The number of rotatable bonds is 8. The minimum absolute atomic E-state index is 0.0521. The number of carbonyl (C=O) groups is 1.